The molecule has 1 aliphatic heterocycles. The molecule has 1 aromatic rings. The van der Waals surface area contributed by atoms with E-state index in [9.17, 15) is 0 Å². The van der Waals surface area contributed by atoms with Gasteiger partial charge >= 0.3 is 0 Å². The van der Waals surface area contributed by atoms with Gasteiger partial charge in [-0.05, 0) is 43.4 Å². The Morgan fingerprint density at radius 1 is 1.38 bits per heavy atom. The number of methoxy groups -OCH3 is 1. The lowest BCUT2D eigenvalue weighted by molar-refractivity contribution is -0.0242. The maximum absolute atomic E-state index is 6.05. The van der Waals surface area contributed by atoms with Gasteiger partial charge in [-0.3, -0.25) is 0 Å². The summed E-state index contributed by atoms with van der Waals surface area (Å²) in [5.41, 5.74) is 1.29. The first-order valence-electron chi connectivity index (χ1n) is 8.15. The molecule has 1 radical (unpaired) electrons. The van der Waals surface area contributed by atoms with Gasteiger partial charge in [0.25, 0.3) is 0 Å². The Hall–Kier alpha value is -1.06. The number of ether oxygens (including phenoxy) is 2. The molecule has 0 aliphatic carbocycles. The van der Waals surface area contributed by atoms with E-state index in [1.54, 1.807) is 7.11 Å². The highest BCUT2D eigenvalue weighted by molar-refractivity contribution is 5.45. The van der Waals surface area contributed by atoms with Gasteiger partial charge in [0.05, 0.1) is 19.3 Å². The first-order valence-corrected chi connectivity index (χ1v) is 8.15. The van der Waals surface area contributed by atoms with Gasteiger partial charge < -0.3 is 14.4 Å². The zero-order chi connectivity index (χ0) is 14.9. The van der Waals surface area contributed by atoms with Crippen LogP contribution in [-0.4, -0.2) is 39.5 Å². The highest BCUT2D eigenvalue weighted by Gasteiger charge is 2.20. The average Bonchev–Trinajstić information content (AvgIpc) is 2.54. The first-order chi connectivity index (χ1) is 10.3. The molecule has 1 saturated heterocycles. The second-order valence-corrected chi connectivity index (χ2v) is 5.89. The highest BCUT2D eigenvalue weighted by Crippen LogP contribution is 2.23. The van der Waals surface area contributed by atoms with Crippen molar-refractivity contribution in [3.63, 3.8) is 0 Å². The predicted octanol–water partition coefficient (Wildman–Crippen LogP) is 3.53. The fourth-order valence-electron chi connectivity index (χ4n) is 2.93. The molecule has 0 N–H and O–H groups in total. The van der Waals surface area contributed by atoms with Gasteiger partial charge in [-0.1, -0.05) is 25.5 Å². The van der Waals surface area contributed by atoms with E-state index >= 15 is 0 Å². The van der Waals surface area contributed by atoms with Crippen molar-refractivity contribution in [2.24, 2.45) is 5.92 Å². The molecule has 2 rings (SSSR count). The minimum Gasteiger partial charge on any atom is -0.382 e. The maximum Gasteiger partial charge on any atom is 0.0808 e. The van der Waals surface area contributed by atoms with Crippen molar-refractivity contribution >= 4 is 5.69 Å². The average molecular weight is 290 g/mol. The first kappa shape index (κ1) is 16.3. The van der Waals surface area contributed by atoms with E-state index in [1.807, 2.05) is 6.07 Å². The van der Waals surface area contributed by atoms with Crippen LogP contribution < -0.4 is 4.90 Å². The second-order valence-electron chi connectivity index (χ2n) is 5.89. The van der Waals surface area contributed by atoms with Crippen LogP contribution in [0.5, 0.6) is 0 Å². The number of hydrogen-bond acceptors (Lipinski definition) is 3. The van der Waals surface area contributed by atoms with Gasteiger partial charge in [0, 0.05) is 25.9 Å². The molecule has 1 aromatic carbocycles. The topological polar surface area (TPSA) is 21.7 Å². The normalized spacial score (nSPS) is 17.9. The molecule has 0 amide bonds. The summed E-state index contributed by atoms with van der Waals surface area (Å²) in [7, 11) is 1.75. The molecule has 0 saturated carbocycles. The fourth-order valence-corrected chi connectivity index (χ4v) is 2.93. The number of anilines is 1. The van der Waals surface area contributed by atoms with Crippen molar-refractivity contribution < 1.29 is 9.47 Å². The Bertz CT molecular complexity index is 368. The Balaban J connectivity index is 1.71. The third-order valence-corrected chi connectivity index (χ3v) is 4.20. The van der Waals surface area contributed by atoms with E-state index in [0.29, 0.717) is 12.5 Å². The summed E-state index contributed by atoms with van der Waals surface area (Å²) in [6.45, 7) is 6.03. The second kappa shape index (κ2) is 9.06. The van der Waals surface area contributed by atoms with Gasteiger partial charge in [-0.15, -0.1) is 0 Å². The zero-order valence-electron chi connectivity index (χ0n) is 13.4. The van der Waals surface area contributed by atoms with Crippen LogP contribution in [-0.2, 0) is 9.47 Å². The summed E-state index contributed by atoms with van der Waals surface area (Å²) in [5, 5.41) is 0. The molecule has 21 heavy (non-hydrogen) atoms. The standard InChI is InChI=1S/C18H28NO2/c1-3-7-18(15-20-2)21-14-16-10-12-19(13-11-16)17-8-5-4-6-9-17/h4-5,8-9,16,18H,3,7,10-15H2,1-2H3. The summed E-state index contributed by atoms with van der Waals surface area (Å²) in [4.78, 5) is 2.45. The van der Waals surface area contributed by atoms with Crippen molar-refractivity contribution in [1.29, 1.82) is 0 Å². The Morgan fingerprint density at radius 2 is 2.19 bits per heavy atom. The van der Waals surface area contributed by atoms with Crippen LogP contribution in [0.1, 0.15) is 32.6 Å². The Morgan fingerprint density at radius 3 is 2.81 bits per heavy atom. The molecule has 3 nitrogen and oxygen atoms in total. The zero-order valence-corrected chi connectivity index (χ0v) is 13.4. The monoisotopic (exact) mass is 290 g/mol. The van der Waals surface area contributed by atoms with Crippen LogP contribution in [0.2, 0.25) is 0 Å². The molecule has 0 spiro atoms. The third-order valence-electron chi connectivity index (χ3n) is 4.20. The van der Waals surface area contributed by atoms with E-state index in [-0.39, 0.29) is 6.10 Å². The van der Waals surface area contributed by atoms with Crippen LogP contribution in [0.3, 0.4) is 0 Å². The molecule has 1 unspecified atom stereocenters. The van der Waals surface area contributed by atoms with Crippen molar-refractivity contribution in [1.82, 2.24) is 0 Å². The van der Waals surface area contributed by atoms with Crippen molar-refractivity contribution in [3.05, 3.63) is 30.3 Å². The van der Waals surface area contributed by atoms with Crippen molar-refractivity contribution in [2.45, 2.75) is 38.7 Å². The lowest BCUT2D eigenvalue weighted by atomic mass is 9.97. The van der Waals surface area contributed by atoms with Gasteiger partial charge in [-0.25, -0.2) is 0 Å². The summed E-state index contributed by atoms with van der Waals surface area (Å²) < 4.78 is 11.3. The van der Waals surface area contributed by atoms with Crippen LogP contribution in [0.25, 0.3) is 0 Å². The van der Waals surface area contributed by atoms with E-state index in [2.05, 4.69) is 36.1 Å². The number of rotatable bonds is 8. The number of hydrogen-bond donors (Lipinski definition) is 0. The van der Waals surface area contributed by atoms with Crippen LogP contribution in [0, 0.1) is 12.0 Å². The van der Waals surface area contributed by atoms with Crippen LogP contribution >= 0.6 is 0 Å². The molecule has 3 heteroatoms. The lowest BCUT2D eigenvalue weighted by Crippen LogP contribution is -2.36. The van der Waals surface area contributed by atoms with E-state index < -0.39 is 0 Å². The largest absolute Gasteiger partial charge is 0.382 e. The minimum absolute atomic E-state index is 0.266. The van der Waals surface area contributed by atoms with E-state index in [4.69, 9.17) is 9.47 Å². The molecule has 1 fully saturated rings. The SMILES string of the molecule is CCCC(COC)OCC1CCN(c2c[c]ccc2)CC1. The third kappa shape index (κ3) is 5.33. The molecule has 117 valence electrons. The van der Waals surface area contributed by atoms with Gasteiger partial charge in [0.1, 0.15) is 0 Å². The number of piperidine rings is 1. The summed E-state index contributed by atoms with van der Waals surface area (Å²) in [5.74, 6) is 0.685. The maximum atomic E-state index is 6.05. The van der Waals surface area contributed by atoms with Crippen LogP contribution in [0.4, 0.5) is 5.69 Å². The highest BCUT2D eigenvalue weighted by atomic mass is 16.5. The minimum atomic E-state index is 0.266. The van der Waals surface area contributed by atoms with E-state index in [0.717, 1.165) is 32.5 Å². The quantitative estimate of drug-likeness (QED) is 0.731. The number of nitrogens with zero attached hydrogens (tertiary/aromatic N) is 1. The Kier molecular flexibility index (Phi) is 7.04. The molecule has 0 bridgehead atoms. The summed E-state index contributed by atoms with van der Waals surface area (Å²) in [6, 6.07) is 11.4. The predicted molar refractivity (Wildman–Crippen MR) is 86.7 cm³/mol. The van der Waals surface area contributed by atoms with Gasteiger partial charge in [-0.2, -0.15) is 0 Å². The van der Waals surface area contributed by atoms with Gasteiger partial charge in [0.2, 0.25) is 0 Å². The van der Waals surface area contributed by atoms with Crippen molar-refractivity contribution in [3.8, 4) is 0 Å². The summed E-state index contributed by atoms with van der Waals surface area (Å²) >= 11 is 0. The number of benzene rings is 1. The Labute approximate surface area is 129 Å². The van der Waals surface area contributed by atoms with E-state index in [1.165, 1.54) is 18.5 Å². The molecule has 1 atom stereocenters. The van der Waals surface area contributed by atoms with Gasteiger partial charge in [0.15, 0.2) is 0 Å². The molecule has 1 heterocycles. The molecule has 0 aromatic heterocycles. The molecular formula is C18H28NO2. The smallest absolute Gasteiger partial charge is 0.0808 e. The van der Waals surface area contributed by atoms with Crippen LogP contribution in [0.15, 0.2) is 24.3 Å². The fraction of sp³-hybridized carbons (Fsp3) is 0.667. The lowest BCUT2D eigenvalue weighted by Gasteiger charge is -2.34. The molecule has 1 aliphatic rings. The van der Waals surface area contributed by atoms with Crippen molar-refractivity contribution in [2.75, 3.05) is 38.3 Å². The summed E-state index contributed by atoms with van der Waals surface area (Å²) in [6.07, 6.45) is 4.92. The molecular weight excluding hydrogens is 262 g/mol.